The van der Waals surface area contributed by atoms with Crippen molar-refractivity contribution in [1.29, 1.82) is 0 Å². The molecule has 0 radical (unpaired) electrons. The molecule has 2 aliphatic rings. The molecule has 2 saturated heterocycles. The van der Waals surface area contributed by atoms with E-state index in [1.165, 1.54) is 33.5 Å². The number of benzene rings is 1. The van der Waals surface area contributed by atoms with Crippen LogP contribution in [0.2, 0.25) is 0 Å². The maximum atomic E-state index is 13.4. The number of methoxy groups -OCH3 is 3. The van der Waals surface area contributed by atoms with Gasteiger partial charge >= 0.3 is 41.8 Å². The van der Waals surface area contributed by atoms with Crippen LogP contribution in [0.25, 0.3) is 0 Å². The molecule has 0 spiro atoms. The van der Waals surface area contributed by atoms with Crippen molar-refractivity contribution in [2.75, 3.05) is 41.2 Å². The van der Waals surface area contributed by atoms with Crippen LogP contribution in [0.15, 0.2) is 12.1 Å². The van der Waals surface area contributed by atoms with E-state index < -0.39 is 116 Å². The van der Waals surface area contributed by atoms with Gasteiger partial charge in [0.1, 0.15) is 38.1 Å². The molecule has 0 unspecified atom stereocenters. The summed E-state index contributed by atoms with van der Waals surface area (Å²) in [6.45, 7) is 3.75. The molecule has 1 aromatic carbocycles. The number of hydrogen-bond acceptors (Lipinski definition) is 21. The van der Waals surface area contributed by atoms with Crippen molar-refractivity contribution in [3.05, 3.63) is 17.7 Å². The lowest BCUT2D eigenvalue weighted by atomic mass is 9.98. The van der Waals surface area contributed by atoms with E-state index in [4.69, 9.17) is 61.6 Å². The fourth-order valence-electron chi connectivity index (χ4n) is 5.68. The highest BCUT2D eigenvalue weighted by Crippen LogP contribution is 2.42. The number of rotatable bonds is 16. The van der Waals surface area contributed by atoms with Gasteiger partial charge in [0.05, 0.1) is 26.9 Å². The topological polar surface area (TPSA) is 260 Å². The van der Waals surface area contributed by atoms with Gasteiger partial charge in [-0.05, 0) is 12.1 Å². The molecule has 21 nitrogen and oxygen atoms in total. The molecule has 2 aliphatic heterocycles. The summed E-state index contributed by atoms with van der Waals surface area (Å²) in [7, 11) is 4.02. The normalized spacial score (nSPS) is 27.1. The molecule has 3 rings (SSSR count). The van der Waals surface area contributed by atoms with Gasteiger partial charge in [-0.2, -0.15) is 0 Å². The molecule has 0 amide bonds. The number of aliphatic hydroxyl groups is 1. The molecule has 1 aromatic rings. The first-order chi connectivity index (χ1) is 25.9. The summed E-state index contributed by atoms with van der Waals surface area (Å²) in [4.78, 5) is 86.7. The van der Waals surface area contributed by atoms with Crippen LogP contribution >= 0.6 is 0 Å². The molecule has 306 valence electrons. The molecule has 1 N–H and O–H groups in total. The van der Waals surface area contributed by atoms with Gasteiger partial charge in [0, 0.05) is 41.5 Å². The lowest BCUT2D eigenvalue weighted by Gasteiger charge is -2.45. The zero-order valence-electron chi connectivity index (χ0n) is 31.5. The Labute approximate surface area is 314 Å². The fraction of sp³-hybridized carbons (Fsp3) is 0.618. The molecule has 55 heavy (non-hydrogen) atoms. The first-order valence-electron chi connectivity index (χ1n) is 16.5. The third-order valence-corrected chi connectivity index (χ3v) is 7.79. The van der Waals surface area contributed by atoms with Crippen LogP contribution in [-0.2, 0) is 76.1 Å². The summed E-state index contributed by atoms with van der Waals surface area (Å²) in [5.74, 6) is -8.63. The van der Waals surface area contributed by atoms with Crippen LogP contribution in [0, 0.1) is 0 Å². The number of esters is 7. The van der Waals surface area contributed by atoms with Crippen LogP contribution in [-0.4, -0.2) is 143 Å². The Morgan fingerprint density at radius 3 is 1.64 bits per heavy atom. The average molecular weight is 789 g/mol. The summed E-state index contributed by atoms with van der Waals surface area (Å²) in [5, 5.41) is 11.1. The average Bonchev–Trinajstić information content (AvgIpc) is 3.37. The van der Waals surface area contributed by atoms with Gasteiger partial charge in [-0.1, -0.05) is 0 Å². The van der Waals surface area contributed by atoms with Crippen molar-refractivity contribution in [2.24, 2.45) is 0 Å². The zero-order valence-corrected chi connectivity index (χ0v) is 31.5. The highest BCUT2D eigenvalue weighted by atomic mass is 16.8. The van der Waals surface area contributed by atoms with Crippen LogP contribution < -0.4 is 14.2 Å². The van der Waals surface area contributed by atoms with E-state index in [0.29, 0.717) is 0 Å². The molecular weight excluding hydrogens is 744 g/mol. The van der Waals surface area contributed by atoms with Crippen LogP contribution in [0.1, 0.15) is 51.9 Å². The van der Waals surface area contributed by atoms with Gasteiger partial charge in [-0.25, -0.2) is 4.79 Å². The van der Waals surface area contributed by atoms with Crippen molar-refractivity contribution in [3.63, 3.8) is 0 Å². The Bertz CT molecular complexity index is 1570. The minimum atomic E-state index is -2.56. The van der Waals surface area contributed by atoms with Crippen molar-refractivity contribution in [2.45, 2.75) is 96.3 Å². The molecular formula is C34H44O21. The second-order valence-corrected chi connectivity index (χ2v) is 12.0. The summed E-state index contributed by atoms with van der Waals surface area (Å²) in [5.41, 5.74) is -0.0794. The summed E-state index contributed by atoms with van der Waals surface area (Å²) in [6.07, 6.45) is -13.9. The predicted octanol–water partition coefficient (Wildman–Crippen LogP) is -0.0803. The second-order valence-electron chi connectivity index (χ2n) is 12.0. The van der Waals surface area contributed by atoms with E-state index in [1.54, 1.807) is 0 Å². The quantitative estimate of drug-likeness (QED) is 0.170. The van der Waals surface area contributed by atoms with Gasteiger partial charge in [0.25, 0.3) is 0 Å². The fourth-order valence-corrected chi connectivity index (χ4v) is 5.68. The maximum Gasteiger partial charge on any atom is 0.338 e. The van der Waals surface area contributed by atoms with Crippen molar-refractivity contribution in [1.82, 2.24) is 0 Å². The van der Waals surface area contributed by atoms with Crippen LogP contribution in [0.5, 0.6) is 17.2 Å². The Morgan fingerprint density at radius 1 is 0.636 bits per heavy atom. The molecule has 21 heteroatoms. The van der Waals surface area contributed by atoms with E-state index in [-0.39, 0.29) is 22.8 Å². The Morgan fingerprint density at radius 2 is 1.15 bits per heavy atom. The minimum absolute atomic E-state index is 0.0794. The largest absolute Gasteiger partial charge is 0.493 e. The van der Waals surface area contributed by atoms with Gasteiger partial charge in [-0.15, -0.1) is 0 Å². The standard InChI is InChI=1S/C34H44O21/c1-15(35)46-12-24-26(41)29(50-18(4)38)30(51-19(5)39)33(53-24)55-34(14-48-16(2)36)31(52-20(6)40)28(49-17(3)37)25(54-34)13-47-32(42)21-10-22(43-7)27(45-9)23(11-21)44-8/h10-11,24-26,28-31,33,41H,12-14H2,1-9H3/t24-,25-,26-,28-,29+,30-,31+,33-,34+/m1/s1. The van der Waals surface area contributed by atoms with Crippen molar-refractivity contribution >= 4 is 41.8 Å². The van der Waals surface area contributed by atoms with Crippen molar-refractivity contribution in [3.8, 4) is 17.2 Å². The van der Waals surface area contributed by atoms with E-state index >= 15 is 0 Å². The van der Waals surface area contributed by atoms with Crippen LogP contribution in [0.4, 0.5) is 0 Å². The summed E-state index contributed by atoms with van der Waals surface area (Å²) < 4.78 is 71.7. The number of carbonyl (C=O) groups is 7. The first-order valence-corrected chi connectivity index (χ1v) is 16.5. The second kappa shape index (κ2) is 19.4. The lowest BCUT2D eigenvalue weighted by molar-refractivity contribution is -0.384. The van der Waals surface area contributed by atoms with Gasteiger partial charge in [0.2, 0.25) is 17.8 Å². The van der Waals surface area contributed by atoms with E-state index in [9.17, 15) is 38.7 Å². The first kappa shape index (κ1) is 44.1. The number of ether oxygens (including phenoxy) is 13. The lowest BCUT2D eigenvalue weighted by Crippen LogP contribution is -2.65. The number of hydrogen-bond donors (Lipinski definition) is 1. The molecule has 2 heterocycles. The van der Waals surface area contributed by atoms with E-state index in [1.807, 2.05) is 0 Å². The molecule has 0 saturated carbocycles. The van der Waals surface area contributed by atoms with Crippen LogP contribution in [0.3, 0.4) is 0 Å². The van der Waals surface area contributed by atoms with E-state index in [0.717, 1.165) is 41.5 Å². The SMILES string of the molecule is COc1cc(C(=O)OC[C@H]2O[C@@](COC(C)=O)(O[C@H]3O[C@H](COC(C)=O)[C@@H](O)[C@H](OC(C)=O)[C@H]3OC(C)=O)[C@@H](OC(C)=O)[C@@H]2OC(C)=O)cc(OC)c1OC. The van der Waals surface area contributed by atoms with Gasteiger partial charge < -0.3 is 66.7 Å². The minimum Gasteiger partial charge on any atom is -0.493 e. The Hall–Kier alpha value is -5.25. The number of carbonyl (C=O) groups excluding carboxylic acids is 7. The summed E-state index contributed by atoms with van der Waals surface area (Å²) >= 11 is 0. The summed E-state index contributed by atoms with van der Waals surface area (Å²) in [6, 6.07) is 2.60. The highest BCUT2D eigenvalue weighted by molar-refractivity contribution is 5.91. The predicted molar refractivity (Wildman–Crippen MR) is 175 cm³/mol. The third kappa shape index (κ3) is 11.4. The molecule has 9 atom stereocenters. The smallest absolute Gasteiger partial charge is 0.338 e. The van der Waals surface area contributed by atoms with Gasteiger partial charge in [-0.3, -0.25) is 28.8 Å². The number of aliphatic hydroxyl groups excluding tert-OH is 1. The molecule has 0 bridgehead atoms. The Balaban J connectivity index is 2.14. The molecule has 0 aromatic heterocycles. The van der Waals surface area contributed by atoms with E-state index in [2.05, 4.69) is 0 Å². The molecule has 0 aliphatic carbocycles. The van der Waals surface area contributed by atoms with Crippen molar-refractivity contribution < 1.29 is 100 Å². The monoisotopic (exact) mass is 788 g/mol. The molecule has 2 fully saturated rings. The van der Waals surface area contributed by atoms with Gasteiger partial charge in [0.15, 0.2) is 35.9 Å². The third-order valence-electron chi connectivity index (χ3n) is 7.79. The highest BCUT2D eigenvalue weighted by Gasteiger charge is 2.64. The zero-order chi connectivity index (χ0) is 41.2. The Kier molecular flexibility index (Phi) is 15.5. The maximum absolute atomic E-state index is 13.4.